The van der Waals surface area contributed by atoms with Gasteiger partial charge in [0.1, 0.15) is 6.29 Å². The van der Waals surface area contributed by atoms with Crippen molar-refractivity contribution in [3.8, 4) is 0 Å². The number of carbonyl (C=O) groups is 2. The van der Waals surface area contributed by atoms with Gasteiger partial charge >= 0.3 is 5.97 Å². The maximum Gasteiger partial charge on any atom is 0.334 e. The molecule has 1 aliphatic carbocycles. The molecule has 0 bridgehead atoms. The van der Waals surface area contributed by atoms with Gasteiger partial charge in [-0.1, -0.05) is 60.7 Å². The van der Waals surface area contributed by atoms with Crippen LogP contribution in [0.3, 0.4) is 0 Å². The van der Waals surface area contributed by atoms with Crippen molar-refractivity contribution in [1.82, 2.24) is 0 Å². The number of benzene rings is 2. The number of ether oxygens (including phenoxy) is 1. The minimum absolute atomic E-state index is 0.310. The minimum atomic E-state index is -0.935. The Hall–Kier alpha value is -2.51. The maximum absolute atomic E-state index is 12.4. The second kappa shape index (κ2) is 8.04. The SMILES string of the molecule is COC(=O)C1=C(P(c2ccccc2)c2ccccc2)C=C(C=O)CC1. The van der Waals surface area contributed by atoms with Crippen LogP contribution in [-0.2, 0) is 14.3 Å². The van der Waals surface area contributed by atoms with Gasteiger partial charge in [0.05, 0.1) is 7.11 Å². The molecule has 0 atom stereocenters. The molecule has 0 aliphatic heterocycles. The quantitative estimate of drug-likeness (QED) is 0.471. The van der Waals surface area contributed by atoms with E-state index in [1.807, 2.05) is 42.5 Å². The molecule has 0 N–H and O–H groups in total. The van der Waals surface area contributed by atoms with Crippen LogP contribution in [0.1, 0.15) is 12.8 Å². The normalized spacial score (nSPS) is 14.2. The standard InChI is InChI=1S/C21H19O3P/c1-24-21(23)19-13-12-16(15-22)14-20(19)25(17-8-4-2-5-9-17)18-10-6-3-7-11-18/h2-11,14-15H,12-13H2,1H3. The third-order valence-electron chi connectivity index (χ3n) is 4.15. The van der Waals surface area contributed by atoms with E-state index in [1.165, 1.54) is 7.11 Å². The van der Waals surface area contributed by atoms with E-state index in [-0.39, 0.29) is 5.97 Å². The highest BCUT2D eigenvalue weighted by molar-refractivity contribution is 7.77. The van der Waals surface area contributed by atoms with Gasteiger partial charge in [-0.3, -0.25) is 4.79 Å². The monoisotopic (exact) mass is 350 g/mol. The molecule has 4 heteroatoms. The van der Waals surface area contributed by atoms with E-state index in [0.717, 1.165) is 27.8 Å². The summed E-state index contributed by atoms with van der Waals surface area (Å²) in [7, 11) is 0.467. The first kappa shape index (κ1) is 17.3. The highest BCUT2D eigenvalue weighted by Crippen LogP contribution is 2.48. The third-order valence-corrected chi connectivity index (χ3v) is 6.66. The maximum atomic E-state index is 12.4. The molecular formula is C21H19O3P. The van der Waals surface area contributed by atoms with Crippen LogP contribution >= 0.6 is 7.92 Å². The average molecular weight is 350 g/mol. The summed E-state index contributed by atoms with van der Waals surface area (Å²) in [5.74, 6) is -0.310. The van der Waals surface area contributed by atoms with Gasteiger partial charge in [0.25, 0.3) is 0 Å². The number of hydrogen-bond donors (Lipinski definition) is 0. The van der Waals surface area contributed by atoms with Gasteiger partial charge < -0.3 is 4.74 Å². The lowest BCUT2D eigenvalue weighted by atomic mass is 9.99. The van der Waals surface area contributed by atoms with Crippen LogP contribution in [0.15, 0.2) is 83.2 Å². The fourth-order valence-corrected chi connectivity index (χ4v) is 5.50. The van der Waals surface area contributed by atoms with Crippen molar-refractivity contribution in [2.24, 2.45) is 0 Å². The van der Waals surface area contributed by atoms with E-state index in [1.54, 1.807) is 0 Å². The molecule has 0 aromatic heterocycles. The molecule has 0 saturated heterocycles. The van der Waals surface area contributed by atoms with Crippen LogP contribution in [0, 0.1) is 0 Å². The number of rotatable bonds is 5. The van der Waals surface area contributed by atoms with Gasteiger partial charge in [0, 0.05) is 5.57 Å². The molecule has 2 aromatic carbocycles. The Morgan fingerprint density at radius 1 is 0.960 bits per heavy atom. The van der Waals surface area contributed by atoms with E-state index < -0.39 is 7.92 Å². The van der Waals surface area contributed by atoms with Crippen LogP contribution in [0.5, 0.6) is 0 Å². The van der Waals surface area contributed by atoms with Crippen LogP contribution < -0.4 is 10.6 Å². The molecule has 3 rings (SSSR count). The van der Waals surface area contributed by atoms with Crippen molar-refractivity contribution >= 4 is 30.8 Å². The highest BCUT2D eigenvalue weighted by Gasteiger charge is 2.27. The Morgan fingerprint density at radius 3 is 2.00 bits per heavy atom. The summed E-state index contributed by atoms with van der Waals surface area (Å²) in [5, 5.41) is 3.19. The van der Waals surface area contributed by atoms with Gasteiger partial charge in [-0.25, -0.2) is 4.79 Å². The Kier molecular flexibility index (Phi) is 5.57. The largest absolute Gasteiger partial charge is 0.466 e. The summed E-state index contributed by atoms with van der Waals surface area (Å²) in [6.45, 7) is 0. The number of esters is 1. The molecule has 0 unspecified atom stereocenters. The molecule has 2 aromatic rings. The predicted molar refractivity (Wildman–Crippen MR) is 101 cm³/mol. The van der Waals surface area contributed by atoms with Crippen molar-refractivity contribution in [1.29, 1.82) is 0 Å². The second-order valence-electron chi connectivity index (χ2n) is 5.70. The summed E-state index contributed by atoms with van der Waals surface area (Å²) >= 11 is 0. The van der Waals surface area contributed by atoms with Crippen LogP contribution in [-0.4, -0.2) is 19.4 Å². The average Bonchev–Trinajstić information content (AvgIpc) is 2.69. The zero-order valence-electron chi connectivity index (χ0n) is 14.0. The van der Waals surface area contributed by atoms with Gasteiger partial charge in [0.15, 0.2) is 0 Å². The van der Waals surface area contributed by atoms with E-state index in [0.29, 0.717) is 18.4 Å². The Morgan fingerprint density at radius 2 is 1.52 bits per heavy atom. The van der Waals surface area contributed by atoms with Gasteiger partial charge in [-0.05, 0) is 48.3 Å². The van der Waals surface area contributed by atoms with Crippen molar-refractivity contribution in [3.63, 3.8) is 0 Å². The lowest BCUT2D eigenvalue weighted by Gasteiger charge is -2.25. The van der Waals surface area contributed by atoms with Crippen molar-refractivity contribution in [2.45, 2.75) is 12.8 Å². The Balaban J connectivity index is 2.22. The summed E-state index contributed by atoms with van der Waals surface area (Å²) in [6.07, 6.45) is 3.88. The molecule has 0 radical (unpaired) electrons. The molecular weight excluding hydrogens is 331 g/mol. The zero-order chi connectivity index (χ0) is 17.6. The fraction of sp³-hybridized carbons (Fsp3) is 0.143. The number of carbonyl (C=O) groups excluding carboxylic acids is 2. The number of allylic oxidation sites excluding steroid dienone is 3. The lowest BCUT2D eigenvalue weighted by Crippen LogP contribution is -2.18. The molecule has 126 valence electrons. The Labute approximate surface area is 148 Å². The lowest BCUT2D eigenvalue weighted by molar-refractivity contribution is -0.136. The smallest absolute Gasteiger partial charge is 0.334 e. The van der Waals surface area contributed by atoms with Crippen molar-refractivity contribution in [2.75, 3.05) is 7.11 Å². The second-order valence-corrected chi connectivity index (χ2v) is 7.88. The van der Waals surface area contributed by atoms with Gasteiger partial charge in [0.2, 0.25) is 0 Å². The molecule has 1 aliphatic rings. The number of aldehydes is 1. The summed E-state index contributed by atoms with van der Waals surface area (Å²) in [4.78, 5) is 23.7. The predicted octanol–water partition coefficient (Wildman–Crippen LogP) is 3.47. The highest BCUT2D eigenvalue weighted by atomic mass is 31.1. The Bertz CT molecular complexity index is 783. The zero-order valence-corrected chi connectivity index (χ0v) is 14.9. The van der Waals surface area contributed by atoms with Gasteiger partial charge in [-0.15, -0.1) is 0 Å². The topological polar surface area (TPSA) is 43.4 Å². The summed E-state index contributed by atoms with van der Waals surface area (Å²) in [6, 6.07) is 20.2. The molecule has 0 saturated carbocycles. The molecule has 0 spiro atoms. The first-order valence-corrected chi connectivity index (χ1v) is 9.46. The molecule has 3 nitrogen and oxygen atoms in total. The van der Waals surface area contributed by atoms with Crippen LogP contribution in [0.4, 0.5) is 0 Å². The third kappa shape index (κ3) is 3.78. The fourth-order valence-electron chi connectivity index (χ4n) is 2.94. The van der Waals surface area contributed by atoms with Crippen molar-refractivity contribution < 1.29 is 14.3 Å². The first-order valence-electron chi connectivity index (χ1n) is 8.12. The summed E-state index contributed by atoms with van der Waals surface area (Å²) < 4.78 is 5.01. The van der Waals surface area contributed by atoms with E-state index >= 15 is 0 Å². The van der Waals surface area contributed by atoms with Crippen LogP contribution in [0.2, 0.25) is 0 Å². The molecule has 0 heterocycles. The summed E-state index contributed by atoms with van der Waals surface area (Å²) in [5.41, 5.74) is 1.40. The van der Waals surface area contributed by atoms with E-state index in [9.17, 15) is 9.59 Å². The van der Waals surface area contributed by atoms with Crippen LogP contribution in [0.25, 0.3) is 0 Å². The molecule has 0 amide bonds. The molecule has 25 heavy (non-hydrogen) atoms. The van der Waals surface area contributed by atoms with E-state index in [2.05, 4.69) is 24.3 Å². The van der Waals surface area contributed by atoms with Gasteiger partial charge in [-0.2, -0.15) is 0 Å². The number of methoxy groups -OCH3 is 1. The minimum Gasteiger partial charge on any atom is -0.466 e. The number of hydrogen-bond acceptors (Lipinski definition) is 3. The first-order chi connectivity index (χ1) is 12.2. The van der Waals surface area contributed by atoms with E-state index in [4.69, 9.17) is 4.74 Å². The molecule has 0 fully saturated rings. The van der Waals surface area contributed by atoms with Crippen molar-refractivity contribution in [3.05, 3.63) is 83.2 Å².